The van der Waals surface area contributed by atoms with Crippen molar-refractivity contribution >= 4 is 72.3 Å². The molecule has 2 rings (SSSR count). The molecule has 0 heterocycles. The third-order valence-corrected chi connectivity index (χ3v) is 10.7. The Labute approximate surface area is 199 Å². The van der Waals surface area contributed by atoms with E-state index in [2.05, 4.69) is 31.9 Å². The molecule has 2 aromatic carbocycles. The van der Waals surface area contributed by atoms with Gasteiger partial charge in [0, 0.05) is 0 Å². The highest BCUT2D eigenvalue weighted by Gasteiger charge is 2.32. The number of rotatable bonds is 5. The number of halogens is 2. The van der Waals surface area contributed by atoms with Crippen LogP contribution in [0.1, 0.15) is 11.1 Å². The monoisotopic (exact) mass is 658 g/mol. The van der Waals surface area contributed by atoms with Crippen LogP contribution in [-0.2, 0) is 40.5 Å². The van der Waals surface area contributed by atoms with Gasteiger partial charge in [0.1, 0.15) is 19.6 Å². The zero-order valence-corrected chi connectivity index (χ0v) is 22.0. The van der Waals surface area contributed by atoms with Gasteiger partial charge in [-0.25, -0.2) is 0 Å². The van der Waals surface area contributed by atoms with Gasteiger partial charge in [0.05, 0.1) is 8.95 Å². The third-order valence-electron chi connectivity index (χ3n) is 4.23. The highest BCUT2D eigenvalue weighted by atomic mass is 79.9. The maximum atomic E-state index is 11.9. The molecule has 0 unspecified atom stereocenters. The van der Waals surface area contributed by atoms with E-state index < -0.39 is 80.1 Å². The Balaban J connectivity index is 3.32. The second-order valence-electron chi connectivity index (χ2n) is 6.28. The van der Waals surface area contributed by atoms with Crippen LogP contribution in [-0.4, -0.2) is 51.9 Å². The second kappa shape index (κ2) is 8.36. The fraction of sp³-hybridized carbons (Fsp3) is 0.143. The first-order chi connectivity index (χ1) is 14.1. The number of hydrogen-bond donors (Lipinski definition) is 4. The lowest BCUT2D eigenvalue weighted by molar-refractivity contribution is 0.474. The van der Waals surface area contributed by atoms with Crippen LogP contribution in [0.5, 0.6) is 0 Å². The summed E-state index contributed by atoms with van der Waals surface area (Å²) in [6.07, 6.45) is 0. The molecule has 0 aliphatic heterocycles. The van der Waals surface area contributed by atoms with Gasteiger partial charge in [0.25, 0.3) is 40.5 Å². The molecule has 18 heteroatoms. The van der Waals surface area contributed by atoms with Crippen molar-refractivity contribution in [3.8, 4) is 11.1 Å². The molecule has 178 valence electrons. The maximum Gasteiger partial charge on any atom is 0.295 e. The van der Waals surface area contributed by atoms with Crippen molar-refractivity contribution in [2.45, 2.75) is 33.4 Å². The average Bonchev–Trinajstić information content (AvgIpc) is 2.51. The summed E-state index contributed by atoms with van der Waals surface area (Å²) < 4.78 is 131. The minimum absolute atomic E-state index is 0.389. The zero-order chi connectivity index (χ0) is 25.2. The Hall–Kier alpha value is -0.960. The fourth-order valence-corrected chi connectivity index (χ4v) is 9.22. The molecule has 0 aliphatic carbocycles. The van der Waals surface area contributed by atoms with Crippen molar-refractivity contribution in [2.24, 2.45) is 0 Å². The van der Waals surface area contributed by atoms with Crippen LogP contribution in [0.25, 0.3) is 11.1 Å². The Morgan fingerprint density at radius 2 is 0.812 bits per heavy atom. The maximum absolute atomic E-state index is 11.9. The molecular weight excluding hydrogens is 648 g/mol. The molecule has 0 amide bonds. The second-order valence-corrected chi connectivity index (χ2v) is 13.4. The van der Waals surface area contributed by atoms with E-state index >= 15 is 0 Å². The van der Waals surface area contributed by atoms with Gasteiger partial charge in [-0.3, -0.25) is 18.2 Å². The van der Waals surface area contributed by atoms with Crippen LogP contribution in [0.15, 0.2) is 40.7 Å². The Morgan fingerprint density at radius 3 is 1.00 bits per heavy atom. The van der Waals surface area contributed by atoms with E-state index in [1.54, 1.807) is 0 Å². The van der Waals surface area contributed by atoms with Crippen LogP contribution in [0.3, 0.4) is 0 Å². The lowest BCUT2D eigenvalue weighted by atomic mass is 9.96. The van der Waals surface area contributed by atoms with Gasteiger partial charge >= 0.3 is 0 Å². The van der Waals surface area contributed by atoms with Crippen molar-refractivity contribution < 1.29 is 51.9 Å². The normalized spacial score (nSPS) is 13.4. The topological polar surface area (TPSA) is 217 Å². The molecule has 2 aromatic rings. The van der Waals surface area contributed by atoms with E-state index in [9.17, 15) is 51.9 Å². The summed E-state index contributed by atoms with van der Waals surface area (Å²) in [5.41, 5.74) is -1.71. The van der Waals surface area contributed by atoms with Gasteiger partial charge in [0.15, 0.2) is 0 Å². The minimum Gasteiger partial charge on any atom is -0.282 e. The molecule has 0 saturated carbocycles. The highest BCUT2D eigenvalue weighted by Crippen LogP contribution is 2.43. The molecule has 0 atom stereocenters. The van der Waals surface area contributed by atoms with E-state index in [1.807, 2.05) is 0 Å². The van der Waals surface area contributed by atoms with Crippen molar-refractivity contribution in [3.05, 3.63) is 32.2 Å². The van der Waals surface area contributed by atoms with Crippen molar-refractivity contribution in [1.82, 2.24) is 0 Å². The lowest BCUT2D eigenvalue weighted by Gasteiger charge is -2.19. The third kappa shape index (κ3) is 5.08. The van der Waals surface area contributed by atoms with Gasteiger partial charge in [0.2, 0.25) is 0 Å². The molecule has 32 heavy (non-hydrogen) atoms. The van der Waals surface area contributed by atoms with Crippen LogP contribution in [0.2, 0.25) is 0 Å². The highest BCUT2D eigenvalue weighted by molar-refractivity contribution is 9.10. The molecule has 0 aliphatic rings. The van der Waals surface area contributed by atoms with E-state index in [4.69, 9.17) is 0 Å². The predicted molar refractivity (Wildman–Crippen MR) is 116 cm³/mol. The van der Waals surface area contributed by atoms with Gasteiger partial charge in [-0.1, -0.05) is 0 Å². The lowest BCUT2D eigenvalue weighted by Crippen LogP contribution is -2.12. The molecule has 0 bridgehead atoms. The first kappa shape index (κ1) is 27.3. The van der Waals surface area contributed by atoms with Gasteiger partial charge in [-0.15, -0.1) is 0 Å². The van der Waals surface area contributed by atoms with E-state index in [1.165, 1.54) is 0 Å². The largest absolute Gasteiger partial charge is 0.295 e. The van der Waals surface area contributed by atoms with E-state index in [0.717, 1.165) is 13.8 Å². The number of hydrogen-bond acceptors (Lipinski definition) is 8. The molecule has 0 spiro atoms. The zero-order valence-electron chi connectivity index (χ0n) is 15.6. The van der Waals surface area contributed by atoms with Gasteiger partial charge < -0.3 is 0 Å². The van der Waals surface area contributed by atoms with Gasteiger partial charge in [-0.05, 0) is 80.1 Å². The molecule has 4 N–H and O–H groups in total. The fourth-order valence-electron chi connectivity index (χ4n) is 2.95. The summed E-state index contributed by atoms with van der Waals surface area (Å²) in [6, 6.07) is 1.36. The summed E-state index contributed by atoms with van der Waals surface area (Å²) in [7, 11) is -20.5. The van der Waals surface area contributed by atoms with Gasteiger partial charge in [-0.2, -0.15) is 33.7 Å². The first-order valence-corrected chi connectivity index (χ1v) is 15.0. The SMILES string of the molecule is Cc1c(-c2cc(S(=O)(=O)O)c(Br)c(S(=O)(=O)O)c2C)cc(S(=O)(=O)O)c(Br)c1S(=O)(=O)O. The molecular formula is C14H12Br2O12S4. The quantitative estimate of drug-likeness (QED) is 0.340. The molecule has 0 radical (unpaired) electrons. The summed E-state index contributed by atoms with van der Waals surface area (Å²) in [4.78, 5) is -4.16. The predicted octanol–water partition coefficient (Wildman–Crippen LogP) is 2.48. The van der Waals surface area contributed by atoms with Crippen LogP contribution in [0, 0.1) is 13.8 Å². The minimum atomic E-state index is -5.14. The summed E-state index contributed by atoms with van der Waals surface area (Å²) >= 11 is 5.35. The van der Waals surface area contributed by atoms with E-state index in [0.29, 0.717) is 12.1 Å². The van der Waals surface area contributed by atoms with Crippen molar-refractivity contribution in [1.29, 1.82) is 0 Å². The Bertz CT molecular complexity index is 1470. The van der Waals surface area contributed by atoms with Crippen LogP contribution in [0.4, 0.5) is 0 Å². The Morgan fingerprint density at radius 1 is 0.562 bits per heavy atom. The molecule has 0 fully saturated rings. The van der Waals surface area contributed by atoms with E-state index in [-0.39, 0.29) is 11.1 Å². The summed E-state index contributed by atoms with van der Waals surface area (Å²) in [5.74, 6) is 0. The molecule has 0 saturated heterocycles. The Kier molecular flexibility index (Phi) is 7.13. The van der Waals surface area contributed by atoms with Crippen LogP contribution < -0.4 is 0 Å². The molecule has 0 aromatic heterocycles. The standard InChI is InChI=1S/C14H12Br2O12S4/c1-5-7(3-9(29(17,18)19)11(15)13(5)31(23,24)25)8-4-10(30(20,21)22)12(16)14(6(8)2)32(26,27)28/h3-4H,1-2H3,(H,17,18,19)(H,20,21,22)(H,23,24,25)(H,26,27,28). The molecule has 12 nitrogen and oxygen atoms in total. The summed E-state index contributed by atoms with van der Waals surface area (Å²) in [5, 5.41) is 0. The average molecular weight is 660 g/mol. The van der Waals surface area contributed by atoms with Crippen molar-refractivity contribution in [2.75, 3.05) is 0 Å². The number of benzene rings is 2. The van der Waals surface area contributed by atoms with Crippen LogP contribution >= 0.6 is 31.9 Å². The first-order valence-electron chi connectivity index (χ1n) is 7.66. The summed E-state index contributed by atoms with van der Waals surface area (Å²) in [6.45, 7) is 2.14. The van der Waals surface area contributed by atoms with Crippen molar-refractivity contribution in [3.63, 3.8) is 0 Å². The smallest absolute Gasteiger partial charge is 0.282 e.